The first-order valence-electron chi connectivity index (χ1n) is 10.8. The number of hydrogen-bond donors (Lipinski definition) is 1. The molecule has 1 saturated heterocycles. The highest BCUT2D eigenvalue weighted by Crippen LogP contribution is 2.22. The highest BCUT2D eigenvalue weighted by atomic mass is 35.5. The Hall–Kier alpha value is -2.78. The lowest BCUT2D eigenvalue weighted by molar-refractivity contribution is -0.143. The van der Waals surface area contributed by atoms with E-state index in [2.05, 4.69) is 5.10 Å². The molecule has 11 heteroatoms. The minimum Gasteiger partial charge on any atom is -0.481 e. The topological polar surface area (TPSA) is 105 Å². The second-order valence-electron chi connectivity index (χ2n) is 8.26. The number of likely N-dealkylation sites (tertiary alicyclic amines) is 1. The van der Waals surface area contributed by atoms with E-state index in [9.17, 15) is 14.4 Å². The van der Waals surface area contributed by atoms with Gasteiger partial charge in [-0.2, -0.15) is 5.10 Å². The van der Waals surface area contributed by atoms with Gasteiger partial charge in [-0.05, 0) is 49.1 Å². The summed E-state index contributed by atoms with van der Waals surface area (Å²) in [5.74, 6) is -1.44. The number of carbonyl (C=O) groups excluding carboxylic acids is 2. The molecule has 2 aliphatic heterocycles. The normalized spacial score (nSPS) is 16.8. The fourth-order valence-electron chi connectivity index (χ4n) is 4.14. The van der Waals surface area contributed by atoms with E-state index in [1.165, 1.54) is 0 Å². The Balaban J connectivity index is 1.38. The third-order valence-corrected chi connectivity index (χ3v) is 6.34. The van der Waals surface area contributed by atoms with Gasteiger partial charge < -0.3 is 19.6 Å². The molecular weight excluding hydrogens is 471 g/mol. The minimum absolute atomic E-state index is 0.0465. The molecule has 33 heavy (non-hydrogen) atoms. The average Bonchev–Trinajstić information content (AvgIpc) is 3.07. The molecule has 0 bridgehead atoms. The third-order valence-electron chi connectivity index (χ3n) is 5.91. The molecule has 1 aromatic carbocycles. The van der Waals surface area contributed by atoms with Gasteiger partial charge in [-0.25, -0.2) is 4.79 Å². The molecule has 2 aromatic rings. The number of carboxylic acids is 1. The van der Waals surface area contributed by atoms with Gasteiger partial charge in [0.05, 0.1) is 18.2 Å². The number of nitrogens with zero attached hydrogens (tertiary/aromatic N) is 4. The number of aromatic nitrogens is 2. The zero-order valence-corrected chi connectivity index (χ0v) is 19.4. The highest BCUT2D eigenvalue weighted by molar-refractivity contribution is 6.34. The molecule has 0 radical (unpaired) electrons. The molecule has 1 N–H and O–H groups in total. The van der Waals surface area contributed by atoms with E-state index < -0.39 is 18.0 Å². The number of carbonyl (C=O) groups is 3. The Labute approximate surface area is 200 Å². The number of amides is 2. The molecule has 0 spiro atoms. The van der Waals surface area contributed by atoms with E-state index in [0.29, 0.717) is 66.7 Å². The van der Waals surface area contributed by atoms with Crippen LogP contribution in [0.3, 0.4) is 0 Å². The Morgan fingerprint density at radius 1 is 1.00 bits per heavy atom. The quantitative estimate of drug-likeness (QED) is 0.694. The number of halogens is 2. The van der Waals surface area contributed by atoms with Crippen molar-refractivity contribution in [2.24, 2.45) is 5.92 Å². The van der Waals surface area contributed by atoms with Crippen molar-refractivity contribution in [2.75, 3.05) is 19.6 Å². The van der Waals surface area contributed by atoms with Crippen LogP contribution in [0.2, 0.25) is 10.0 Å². The Morgan fingerprint density at radius 2 is 1.70 bits per heavy atom. The maximum atomic E-state index is 12.9. The van der Waals surface area contributed by atoms with E-state index in [1.54, 1.807) is 38.7 Å². The Kier molecular flexibility index (Phi) is 7.09. The van der Waals surface area contributed by atoms with Gasteiger partial charge in [-0.3, -0.25) is 14.3 Å². The van der Waals surface area contributed by atoms with Gasteiger partial charge in [0.25, 0.3) is 5.91 Å². The number of hydrogen-bond acceptors (Lipinski definition) is 5. The summed E-state index contributed by atoms with van der Waals surface area (Å²) in [6, 6.07) is 6.69. The first kappa shape index (κ1) is 23.4. The second kappa shape index (κ2) is 10.0. The summed E-state index contributed by atoms with van der Waals surface area (Å²) in [5, 5.41) is 14.5. The number of aliphatic carboxylic acids is 1. The molecule has 176 valence electrons. The van der Waals surface area contributed by atoms with Crippen molar-refractivity contribution < 1.29 is 24.2 Å². The third kappa shape index (κ3) is 5.59. The van der Waals surface area contributed by atoms with Crippen LogP contribution in [0, 0.1) is 5.92 Å². The number of fused-ring (bicyclic) bond motifs is 1. The van der Waals surface area contributed by atoms with E-state index in [0.717, 1.165) is 5.69 Å². The van der Waals surface area contributed by atoms with Crippen molar-refractivity contribution in [3.8, 4) is 0 Å². The predicted molar refractivity (Wildman–Crippen MR) is 120 cm³/mol. The first-order chi connectivity index (χ1) is 15.8. The van der Waals surface area contributed by atoms with Crippen molar-refractivity contribution in [1.82, 2.24) is 19.6 Å². The van der Waals surface area contributed by atoms with Crippen LogP contribution in [-0.2, 0) is 29.2 Å². The lowest BCUT2D eigenvalue weighted by Crippen LogP contribution is -2.40. The second-order valence-corrected chi connectivity index (χ2v) is 9.13. The van der Waals surface area contributed by atoms with E-state index >= 15 is 0 Å². The smallest absolute Gasteiger partial charge is 0.410 e. The van der Waals surface area contributed by atoms with Crippen molar-refractivity contribution in [2.45, 2.75) is 39.0 Å². The number of aryl methyl sites for hydroxylation is 1. The van der Waals surface area contributed by atoms with Gasteiger partial charge in [0.15, 0.2) is 5.69 Å². The van der Waals surface area contributed by atoms with E-state index in [4.69, 9.17) is 33.0 Å². The average molecular weight is 495 g/mol. The molecule has 0 atom stereocenters. The molecule has 0 unspecified atom stereocenters. The largest absolute Gasteiger partial charge is 0.481 e. The number of rotatable bonds is 4. The van der Waals surface area contributed by atoms with Crippen LogP contribution in [0.25, 0.3) is 0 Å². The summed E-state index contributed by atoms with van der Waals surface area (Å²) < 4.78 is 7.20. The van der Waals surface area contributed by atoms with Gasteiger partial charge >= 0.3 is 12.1 Å². The number of benzene rings is 1. The zero-order chi connectivity index (χ0) is 23.5. The maximum absolute atomic E-state index is 12.9. The fourth-order valence-corrected chi connectivity index (χ4v) is 4.72. The monoisotopic (exact) mass is 494 g/mol. The summed E-state index contributed by atoms with van der Waals surface area (Å²) in [4.78, 5) is 39.9. The number of carboxylic acid groups (broad SMARTS) is 1. The number of ether oxygens (including phenoxy) is 1. The van der Waals surface area contributed by atoms with Gasteiger partial charge in [-0.15, -0.1) is 0 Å². The van der Waals surface area contributed by atoms with Gasteiger partial charge in [0, 0.05) is 36.2 Å². The van der Waals surface area contributed by atoms with Gasteiger partial charge in [0.1, 0.15) is 6.61 Å². The molecule has 2 aliphatic rings. The SMILES string of the molecule is O=C(O)C1CCN(C(=O)c2cc3n(n2)CCCN(C(=O)OCc2cc(Cl)cc(Cl)c2)C3)CC1. The zero-order valence-electron chi connectivity index (χ0n) is 17.9. The lowest BCUT2D eigenvalue weighted by atomic mass is 9.97. The van der Waals surface area contributed by atoms with Gasteiger partial charge in [0.2, 0.25) is 0 Å². The summed E-state index contributed by atoms with van der Waals surface area (Å²) in [6.07, 6.45) is 1.08. The van der Waals surface area contributed by atoms with Crippen LogP contribution >= 0.6 is 23.2 Å². The highest BCUT2D eigenvalue weighted by Gasteiger charge is 2.30. The summed E-state index contributed by atoms with van der Waals surface area (Å²) in [5.41, 5.74) is 1.75. The summed E-state index contributed by atoms with van der Waals surface area (Å²) >= 11 is 12.0. The Bertz CT molecular complexity index is 1040. The van der Waals surface area contributed by atoms with Crippen LogP contribution in [-0.4, -0.2) is 62.3 Å². The molecule has 1 fully saturated rings. The van der Waals surface area contributed by atoms with Crippen molar-refractivity contribution in [3.05, 3.63) is 51.3 Å². The molecular formula is C22H24Cl2N4O5. The fraction of sp³-hybridized carbons (Fsp3) is 0.455. The molecule has 4 rings (SSSR count). The summed E-state index contributed by atoms with van der Waals surface area (Å²) in [7, 11) is 0. The molecule has 1 aromatic heterocycles. The van der Waals surface area contributed by atoms with Crippen molar-refractivity contribution >= 4 is 41.2 Å². The number of piperidine rings is 1. The minimum atomic E-state index is -0.818. The lowest BCUT2D eigenvalue weighted by Gasteiger charge is -2.29. The van der Waals surface area contributed by atoms with Crippen LogP contribution in [0.4, 0.5) is 4.79 Å². The molecule has 2 amide bonds. The van der Waals surface area contributed by atoms with Crippen LogP contribution in [0.1, 0.15) is 41.0 Å². The van der Waals surface area contributed by atoms with Gasteiger partial charge in [-0.1, -0.05) is 23.2 Å². The molecule has 9 nitrogen and oxygen atoms in total. The van der Waals surface area contributed by atoms with Crippen molar-refractivity contribution in [3.63, 3.8) is 0 Å². The maximum Gasteiger partial charge on any atom is 0.410 e. The van der Waals surface area contributed by atoms with Crippen LogP contribution < -0.4 is 0 Å². The molecule has 0 saturated carbocycles. The van der Waals surface area contributed by atoms with E-state index in [1.807, 2.05) is 0 Å². The van der Waals surface area contributed by atoms with Crippen LogP contribution in [0.15, 0.2) is 24.3 Å². The Morgan fingerprint density at radius 3 is 2.36 bits per heavy atom. The summed E-state index contributed by atoms with van der Waals surface area (Å²) in [6.45, 7) is 2.19. The molecule has 0 aliphatic carbocycles. The molecule has 3 heterocycles. The predicted octanol–water partition coefficient (Wildman–Crippen LogP) is 3.67. The van der Waals surface area contributed by atoms with E-state index in [-0.39, 0.29) is 19.1 Å². The van der Waals surface area contributed by atoms with Crippen LogP contribution in [0.5, 0.6) is 0 Å². The standard InChI is InChI=1S/C22H24Cl2N4O5/c23-16-8-14(9-17(24)10-16)13-33-22(32)27-4-1-5-28-18(12-27)11-19(25-28)20(29)26-6-2-15(3-7-26)21(30)31/h8-11,15H,1-7,12-13H2,(H,30,31). The first-order valence-corrected chi connectivity index (χ1v) is 11.5. The van der Waals surface area contributed by atoms with Crippen molar-refractivity contribution in [1.29, 1.82) is 0 Å².